The van der Waals surface area contributed by atoms with Crippen LogP contribution in [0.1, 0.15) is 42.6 Å². The summed E-state index contributed by atoms with van der Waals surface area (Å²) < 4.78 is 5.24. The van der Waals surface area contributed by atoms with Crippen molar-refractivity contribution in [2.45, 2.75) is 38.1 Å². The first kappa shape index (κ1) is 16.5. The lowest BCUT2D eigenvalue weighted by atomic mass is 9.83. The lowest BCUT2D eigenvalue weighted by Crippen LogP contribution is -2.51. The lowest BCUT2D eigenvalue weighted by Gasteiger charge is -2.44. The highest BCUT2D eigenvalue weighted by molar-refractivity contribution is 5.98. The predicted molar refractivity (Wildman–Crippen MR) is 99.1 cm³/mol. The summed E-state index contributed by atoms with van der Waals surface area (Å²) in [6.07, 6.45) is 6.42. The van der Waals surface area contributed by atoms with Crippen LogP contribution in [0.4, 0.5) is 0 Å². The third kappa shape index (κ3) is 3.38. The maximum atomic E-state index is 12.6. The number of piperidine rings is 2. The molecule has 2 saturated heterocycles. The zero-order valence-corrected chi connectivity index (χ0v) is 14.9. The molecule has 0 aliphatic carbocycles. The Labute approximate surface area is 148 Å². The molecule has 2 aliphatic rings. The number of fused-ring (bicyclic) bond motifs is 2. The zero-order chi connectivity index (χ0) is 17.2. The van der Waals surface area contributed by atoms with Gasteiger partial charge in [0.05, 0.1) is 7.11 Å². The Morgan fingerprint density at radius 2 is 2.12 bits per heavy atom. The standard InChI is InChI=1S/C20H27N3O2/c1-25-16-8-7-14-11-18(22-17(14)12-16)20(24)21-13-15-5-4-10-23-9-3-2-6-19(15)23/h7-8,11-12,15,19,22H,2-6,9-10,13H2,1H3,(H,21,24)/t15-,19+/m1/s1. The molecule has 1 amide bonds. The number of hydrogen-bond donors (Lipinski definition) is 2. The van der Waals surface area contributed by atoms with E-state index in [0.717, 1.165) is 23.2 Å². The Hall–Kier alpha value is -2.01. The number of aromatic amines is 1. The summed E-state index contributed by atoms with van der Waals surface area (Å²) >= 11 is 0. The van der Waals surface area contributed by atoms with Crippen molar-refractivity contribution in [2.24, 2.45) is 5.92 Å². The van der Waals surface area contributed by atoms with E-state index in [-0.39, 0.29) is 5.91 Å². The number of hydrogen-bond acceptors (Lipinski definition) is 3. The van der Waals surface area contributed by atoms with E-state index < -0.39 is 0 Å². The quantitative estimate of drug-likeness (QED) is 0.898. The first-order chi connectivity index (χ1) is 12.2. The highest BCUT2D eigenvalue weighted by Crippen LogP contribution is 2.30. The van der Waals surface area contributed by atoms with Gasteiger partial charge in [-0.3, -0.25) is 4.79 Å². The number of carbonyl (C=O) groups excluding carboxylic acids is 1. The van der Waals surface area contributed by atoms with Gasteiger partial charge in [0, 0.05) is 29.6 Å². The molecule has 134 valence electrons. The summed E-state index contributed by atoms with van der Waals surface area (Å²) in [6.45, 7) is 3.25. The second-order valence-corrected chi connectivity index (χ2v) is 7.35. The van der Waals surface area contributed by atoms with Gasteiger partial charge < -0.3 is 19.9 Å². The van der Waals surface area contributed by atoms with Crippen molar-refractivity contribution >= 4 is 16.8 Å². The number of H-pyrrole nitrogens is 1. The SMILES string of the molecule is COc1ccc2cc(C(=O)NC[C@H]3CCCN4CCCC[C@@H]34)[nH]c2c1. The largest absolute Gasteiger partial charge is 0.497 e. The number of aromatic nitrogens is 1. The third-order valence-electron chi connectivity index (χ3n) is 5.83. The fourth-order valence-corrected chi connectivity index (χ4v) is 4.49. The number of nitrogens with one attached hydrogen (secondary N) is 2. The highest BCUT2D eigenvalue weighted by Gasteiger charge is 2.33. The summed E-state index contributed by atoms with van der Waals surface area (Å²) in [5.41, 5.74) is 1.56. The van der Waals surface area contributed by atoms with Crippen LogP contribution in [-0.2, 0) is 0 Å². The molecule has 0 spiro atoms. The van der Waals surface area contributed by atoms with E-state index in [1.54, 1.807) is 7.11 Å². The van der Waals surface area contributed by atoms with Gasteiger partial charge in [0.1, 0.15) is 11.4 Å². The van der Waals surface area contributed by atoms with E-state index in [2.05, 4.69) is 15.2 Å². The minimum Gasteiger partial charge on any atom is -0.497 e. The molecule has 5 heteroatoms. The average molecular weight is 341 g/mol. The van der Waals surface area contributed by atoms with E-state index in [4.69, 9.17) is 4.74 Å². The van der Waals surface area contributed by atoms with Crippen molar-refractivity contribution in [1.29, 1.82) is 0 Å². The minimum absolute atomic E-state index is 0.0110. The van der Waals surface area contributed by atoms with Gasteiger partial charge in [-0.2, -0.15) is 0 Å². The van der Waals surface area contributed by atoms with Crippen LogP contribution in [0.5, 0.6) is 5.75 Å². The van der Waals surface area contributed by atoms with Gasteiger partial charge in [-0.15, -0.1) is 0 Å². The summed E-state index contributed by atoms with van der Waals surface area (Å²) in [5, 5.41) is 4.19. The zero-order valence-electron chi connectivity index (χ0n) is 14.9. The number of benzene rings is 1. The van der Waals surface area contributed by atoms with E-state index in [1.807, 2.05) is 24.3 Å². The first-order valence-electron chi connectivity index (χ1n) is 9.43. The number of carbonyl (C=O) groups is 1. The summed E-state index contributed by atoms with van der Waals surface area (Å²) in [5.74, 6) is 1.37. The molecule has 0 bridgehead atoms. The Bertz CT molecular complexity index is 752. The van der Waals surface area contributed by atoms with E-state index in [1.165, 1.54) is 45.2 Å². The third-order valence-corrected chi connectivity index (χ3v) is 5.83. The monoisotopic (exact) mass is 341 g/mol. The molecule has 0 unspecified atom stereocenters. The van der Waals surface area contributed by atoms with E-state index >= 15 is 0 Å². The Morgan fingerprint density at radius 3 is 3.00 bits per heavy atom. The smallest absolute Gasteiger partial charge is 0.267 e. The van der Waals surface area contributed by atoms with E-state index in [9.17, 15) is 4.79 Å². The van der Waals surface area contributed by atoms with Crippen LogP contribution in [-0.4, -0.2) is 48.6 Å². The van der Waals surface area contributed by atoms with Crippen molar-refractivity contribution in [3.8, 4) is 5.75 Å². The first-order valence-corrected chi connectivity index (χ1v) is 9.43. The van der Waals surface area contributed by atoms with Gasteiger partial charge in [0.15, 0.2) is 0 Å². The Kier molecular flexibility index (Phi) is 4.66. The molecular weight excluding hydrogens is 314 g/mol. The summed E-state index contributed by atoms with van der Waals surface area (Å²) in [7, 11) is 1.65. The molecule has 25 heavy (non-hydrogen) atoms. The van der Waals surface area contributed by atoms with Gasteiger partial charge in [0.25, 0.3) is 5.91 Å². The molecule has 3 heterocycles. The van der Waals surface area contributed by atoms with Crippen LogP contribution in [0.2, 0.25) is 0 Å². The molecule has 2 aromatic rings. The number of amides is 1. The topological polar surface area (TPSA) is 57.4 Å². The highest BCUT2D eigenvalue weighted by atomic mass is 16.5. The van der Waals surface area contributed by atoms with Crippen LogP contribution in [0.25, 0.3) is 10.9 Å². The number of methoxy groups -OCH3 is 1. The molecule has 2 atom stereocenters. The molecule has 2 aliphatic heterocycles. The van der Waals surface area contributed by atoms with Crippen molar-refractivity contribution in [3.05, 3.63) is 30.0 Å². The average Bonchev–Trinajstić information content (AvgIpc) is 3.09. The van der Waals surface area contributed by atoms with Crippen LogP contribution in [0.3, 0.4) is 0 Å². The maximum absolute atomic E-state index is 12.6. The predicted octanol–water partition coefficient (Wildman–Crippen LogP) is 3.17. The molecule has 1 aromatic heterocycles. The normalized spacial score (nSPS) is 24.0. The number of nitrogens with zero attached hydrogens (tertiary/aromatic N) is 1. The molecule has 4 rings (SSSR count). The minimum atomic E-state index is -0.0110. The van der Waals surface area contributed by atoms with Crippen molar-refractivity contribution in [1.82, 2.24) is 15.2 Å². The second-order valence-electron chi connectivity index (χ2n) is 7.35. The Morgan fingerprint density at radius 1 is 1.24 bits per heavy atom. The van der Waals surface area contributed by atoms with Gasteiger partial charge in [-0.25, -0.2) is 0 Å². The van der Waals surface area contributed by atoms with Crippen molar-refractivity contribution in [2.75, 3.05) is 26.7 Å². The van der Waals surface area contributed by atoms with Crippen molar-refractivity contribution < 1.29 is 9.53 Å². The fraction of sp³-hybridized carbons (Fsp3) is 0.550. The molecule has 2 N–H and O–H groups in total. The van der Waals surface area contributed by atoms with Crippen LogP contribution in [0, 0.1) is 5.92 Å². The maximum Gasteiger partial charge on any atom is 0.267 e. The summed E-state index contributed by atoms with van der Waals surface area (Å²) in [4.78, 5) is 18.4. The lowest BCUT2D eigenvalue weighted by molar-refractivity contribution is 0.0575. The van der Waals surface area contributed by atoms with Gasteiger partial charge in [-0.05, 0) is 62.9 Å². The molecule has 0 radical (unpaired) electrons. The van der Waals surface area contributed by atoms with Crippen LogP contribution >= 0.6 is 0 Å². The second kappa shape index (κ2) is 7.08. The molecular formula is C20H27N3O2. The molecule has 5 nitrogen and oxygen atoms in total. The van der Waals surface area contributed by atoms with Crippen molar-refractivity contribution in [3.63, 3.8) is 0 Å². The Balaban J connectivity index is 1.41. The van der Waals surface area contributed by atoms with Crippen LogP contribution < -0.4 is 10.1 Å². The van der Waals surface area contributed by atoms with Gasteiger partial charge in [0.2, 0.25) is 0 Å². The fourth-order valence-electron chi connectivity index (χ4n) is 4.49. The van der Waals surface area contributed by atoms with Crippen LogP contribution in [0.15, 0.2) is 24.3 Å². The summed E-state index contributed by atoms with van der Waals surface area (Å²) in [6, 6.07) is 8.39. The van der Waals surface area contributed by atoms with Gasteiger partial charge in [-0.1, -0.05) is 6.42 Å². The number of rotatable bonds is 4. The number of ether oxygens (including phenoxy) is 1. The molecule has 2 fully saturated rings. The van der Waals surface area contributed by atoms with Gasteiger partial charge >= 0.3 is 0 Å². The molecule has 0 saturated carbocycles. The molecule has 1 aromatic carbocycles. The van der Waals surface area contributed by atoms with E-state index in [0.29, 0.717) is 17.7 Å².